The minimum absolute atomic E-state index is 0.0645. The van der Waals surface area contributed by atoms with E-state index in [1.54, 1.807) is 18.7 Å². The minimum Gasteiger partial charge on any atom is -0.497 e. The van der Waals surface area contributed by atoms with Crippen molar-refractivity contribution in [2.45, 2.75) is 62.9 Å². The molecule has 0 radical (unpaired) electrons. The van der Waals surface area contributed by atoms with Crippen LogP contribution in [0, 0.1) is 0 Å². The number of aromatic nitrogens is 3. The van der Waals surface area contributed by atoms with Crippen molar-refractivity contribution in [2.75, 3.05) is 7.11 Å². The van der Waals surface area contributed by atoms with Gasteiger partial charge in [-0.15, -0.1) is 0 Å². The third-order valence-electron chi connectivity index (χ3n) is 6.37. The summed E-state index contributed by atoms with van der Waals surface area (Å²) in [5.74, 6) is 1.74. The molecule has 1 aromatic heterocycles. The van der Waals surface area contributed by atoms with E-state index >= 15 is 0 Å². The molecule has 0 spiro atoms. The van der Waals surface area contributed by atoms with Gasteiger partial charge < -0.3 is 10.1 Å². The molecule has 1 aromatic carbocycles. The molecular formula is C21H28N4O3. The summed E-state index contributed by atoms with van der Waals surface area (Å²) in [6.07, 6.45) is 6.14. The zero-order valence-electron chi connectivity index (χ0n) is 16.6. The molecule has 1 atom stereocenters. The third kappa shape index (κ3) is 3.23. The van der Waals surface area contributed by atoms with Crippen molar-refractivity contribution in [1.82, 2.24) is 19.7 Å². The molecule has 0 saturated heterocycles. The number of carbonyl (C=O) groups excluding carboxylic acids is 1. The zero-order chi connectivity index (χ0) is 19.7. The molecule has 2 heterocycles. The fraction of sp³-hybridized carbons (Fsp3) is 0.571. The number of methoxy groups -OCH3 is 1. The Hall–Kier alpha value is -2.57. The second kappa shape index (κ2) is 7.45. The summed E-state index contributed by atoms with van der Waals surface area (Å²) in [4.78, 5) is 25.6. The number of nitrogens with zero attached hydrogens (tertiary/aromatic N) is 3. The van der Waals surface area contributed by atoms with Gasteiger partial charge in [-0.25, -0.2) is 9.48 Å². The van der Waals surface area contributed by atoms with Gasteiger partial charge in [0.05, 0.1) is 12.5 Å². The minimum atomic E-state index is -0.456. The van der Waals surface area contributed by atoms with Gasteiger partial charge in [0.2, 0.25) is 5.91 Å². The Bertz CT molecular complexity index is 907. The molecule has 28 heavy (non-hydrogen) atoms. The molecule has 7 heteroatoms. The number of fused-ring (bicyclic) bond motifs is 1. The fourth-order valence-corrected chi connectivity index (χ4v) is 4.70. The summed E-state index contributed by atoms with van der Waals surface area (Å²) in [6.45, 7) is 0.600. The van der Waals surface area contributed by atoms with E-state index in [1.807, 2.05) is 24.3 Å². The highest BCUT2D eigenvalue weighted by Crippen LogP contribution is 2.42. The molecule has 2 aromatic rings. The normalized spacial score (nSPS) is 21.0. The maximum Gasteiger partial charge on any atom is 0.345 e. The number of rotatable bonds is 4. The lowest BCUT2D eigenvalue weighted by molar-refractivity contribution is -0.127. The van der Waals surface area contributed by atoms with Crippen molar-refractivity contribution >= 4 is 5.91 Å². The number of hydrogen-bond donors (Lipinski definition) is 1. The van der Waals surface area contributed by atoms with Crippen LogP contribution in [0.25, 0.3) is 0 Å². The van der Waals surface area contributed by atoms with Crippen LogP contribution in [0.4, 0.5) is 0 Å². The van der Waals surface area contributed by atoms with Crippen LogP contribution in [0.5, 0.6) is 5.75 Å². The Morgan fingerprint density at radius 3 is 2.61 bits per heavy atom. The summed E-state index contributed by atoms with van der Waals surface area (Å²) in [5.41, 5.74) is 0.536. The molecule has 1 fully saturated rings. The Labute approximate surface area is 164 Å². The van der Waals surface area contributed by atoms with Gasteiger partial charge in [-0.1, -0.05) is 25.0 Å². The average molecular weight is 384 g/mol. The maximum atomic E-state index is 13.4. The van der Waals surface area contributed by atoms with Crippen molar-refractivity contribution in [3.8, 4) is 5.75 Å². The summed E-state index contributed by atoms with van der Waals surface area (Å²) in [5, 5.41) is 7.63. The van der Waals surface area contributed by atoms with Crippen LogP contribution in [-0.4, -0.2) is 33.4 Å². The van der Waals surface area contributed by atoms with Crippen LogP contribution >= 0.6 is 0 Å². The third-order valence-corrected chi connectivity index (χ3v) is 6.37. The second-order valence-corrected chi connectivity index (χ2v) is 7.99. The predicted octanol–water partition coefficient (Wildman–Crippen LogP) is 1.92. The zero-order valence-corrected chi connectivity index (χ0v) is 16.6. The van der Waals surface area contributed by atoms with E-state index in [4.69, 9.17) is 4.74 Å². The lowest BCUT2D eigenvalue weighted by atomic mass is 9.77. The first-order valence-corrected chi connectivity index (χ1v) is 10.1. The Kier molecular flexibility index (Phi) is 5.00. The van der Waals surface area contributed by atoms with Gasteiger partial charge in [0.25, 0.3) is 0 Å². The molecule has 150 valence electrons. The quantitative estimate of drug-likeness (QED) is 0.874. The predicted molar refractivity (Wildman–Crippen MR) is 105 cm³/mol. The summed E-state index contributed by atoms with van der Waals surface area (Å²) < 4.78 is 8.40. The molecule has 4 rings (SSSR count). The number of benzene rings is 1. The van der Waals surface area contributed by atoms with Gasteiger partial charge in [0.15, 0.2) is 0 Å². The van der Waals surface area contributed by atoms with Crippen molar-refractivity contribution in [3.05, 3.63) is 46.1 Å². The fourth-order valence-electron chi connectivity index (χ4n) is 4.70. The van der Waals surface area contributed by atoms with E-state index in [0.29, 0.717) is 13.0 Å². The molecule has 7 nitrogen and oxygen atoms in total. The van der Waals surface area contributed by atoms with Crippen LogP contribution in [0.3, 0.4) is 0 Å². The van der Waals surface area contributed by atoms with Gasteiger partial charge in [-0.2, -0.15) is 5.10 Å². The van der Waals surface area contributed by atoms with E-state index in [0.717, 1.165) is 55.7 Å². The SMILES string of the molecule is COc1ccc(C2(C(=O)NC3CCc4nn(C)c(=O)n4CC3)CCCC2)cc1. The van der Waals surface area contributed by atoms with Gasteiger partial charge in [-0.05, 0) is 43.4 Å². The monoisotopic (exact) mass is 384 g/mol. The molecule has 1 amide bonds. The first-order chi connectivity index (χ1) is 13.5. The number of amides is 1. The Morgan fingerprint density at radius 1 is 1.21 bits per heavy atom. The highest BCUT2D eigenvalue weighted by atomic mass is 16.5. The highest BCUT2D eigenvalue weighted by Gasteiger charge is 2.43. The molecular weight excluding hydrogens is 356 g/mol. The number of ether oxygens (including phenoxy) is 1. The Balaban J connectivity index is 1.50. The standard InChI is InChI=1S/C21H28N4O3/c1-24-20(27)25-14-11-16(7-10-18(25)23-24)22-19(26)21(12-3-4-13-21)15-5-8-17(28-2)9-6-15/h5-6,8-9,16H,3-4,7,10-14H2,1-2H3,(H,22,26). The van der Waals surface area contributed by atoms with E-state index < -0.39 is 5.41 Å². The second-order valence-electron chi connectivity index (χ2n) is 7.99. The molecule has 1 aliphatic heterocycles. The molecule has 0 bridgehead atoms. The van der Waals surface area contributed by atoms with E-state index in [9.17, 15) is 9.59 Å². The van der Waals surface area contributed by atoms with Crippen LogP contribution in [-0.2, 0) is 30.2 Å². The van der Waals surface area contributed by atoms with Gasteiger partial charge >= 0.3 is 5.69 Å². The largest absolute Gasteiger partial charge is 0.497 e. The maximum absolute atomic E-state index is 13.4. The average Bonchev–Trinajstić information content (AvgIpc) is 3.25. The van der Waals surface area contributed by atoms with Gasteiger partial charge in [0.1, 0.15) is 11.6 Å². The first-order valence-electron chi connectivity index (χ1n) is 10.1. The van der Waals surface area contributed by atoms with Gasteiger partial charge in [-0.3, -0.25) is 9.36 Å². The lowest BCUT2D eigenvalue weighted by Gasteiger charge is -2.31. The number of nitrogens with one attached hydrogen (secondary N) is 1. The smallest absolute Gasteiger partial charge is 0.345 e. The van der Waals surface area contributed by atoms with E-state index in [2.05, 4.69) is 10.4 Å². The number of aryl methyl sites for hydroxylation is 2. The molecule has 1 N–H and O–H groups in total. The Morgan fingerprint density at radius 2 is 1.93 bits per heavy atom. The van der Waals surface area contributed by atoms with Crippen molar-refractivity contribution in [2.24, 2.45) is 7.05 Å². The van der Waals surface area contributed by atoms with Crippen LogP contribution in [0.2, 0.25) is 0 Å². The van der Waals surface area contributed by atoms with Gasteiger partial charge in [0, 0.05) is 26.1 Å². The van der Waals surface area contributed by atoms with E-state index in [1.165, 1.54) is 4.68 Å². The van der Waals surface area contributed by atoms with Crippen molar-refractivity contribution in [1.29, 1.82) is 0 Å². The number of hydrogen-bond acceptors (Lipinski definition) is 4. The summed E-state index contributed by atoms with van der Waals surface area (Å²) in [6, 6.07) is 7.98. The highest BCUT2D eigenvalue weighted by molar-refractivity contribution is 5.88. The summed E-state index contributed by atoms with van der Waals surface area (Å²) >= 11 is 0. The summed E-state index contributed by atoms with van der Waals surface area (Å²) in [7, 11) is 3.33. The first kappa shape index (κ1) is 18.8. The van der Waals surface area contributed by atoms with Crippen molar-refractivity contribution in [3.63, 3.8) is 0 Å². The van der Waals surface area contributed by atoms with Crippen molar-refractivity contribution < 1.29 is 9.53 Å². The molecule has 1 unspecified atom stereocenters. The molecule has 1 aliphatic carbocycles. The molecule has 2 aliphatic rings. The van der Waals surface area contributed by atoms with Crippen LogP contribution in [0.15, 0.2) is 29.1 Å². The number of carbonyl (C=O) groups is 1. The van der Waals surface area contributed by atoms with E-state index in [-0.39, 0.29) is 17.6 Å². The molecule has 1 saturated carbocycles. The van der Waals surface area contributed by atoms with Crippen LogP contribution in [0.1, 0.15) is 49.9 Å². The topological polar surface area (TPSA) is 78.2 Å². The lowest BCUT2D eigenvalue weighted by Crippen LogP contribution is -2.47. The van der Waals surface area contributed by atoms with Crippen LogP contribution < -0.4 is 15.7 Å².